The van der Waals surface area contributed by atoms with Crippen LogP contribution in [0.3, 0.4) is 0 Å². The molecule has 7 heteroatoms. The standard InChI is InChI=1S/C12H14Cl2N4S/c13-9-6-10(14)11-15-18(12(19)17(11)7-9)8-16-4-2-1-3-5-16/h6-7H,1-5,8H2. The van der Waals surface area contributed by atoms with E-state index < -0.39 is 0 Å². The Kier molecular flexibility index (Phi) is 3.80. The van der Waals surface area contributed by atoms with Gasteiger partial charge in [-0.2, -0.15) is 0 Å². The molecule has 3 rings (SSSR count). The van der Waals surface area contributed by atoms with Crippen LogP contribution in [-0.4, -0.2) is 32.2 Å². The topological polar surface area (TPSA) is 25.5 Å². The quantitative estimate of drug-likeness (QED) is 0.791. The van der Waals surface area contributed by atoms with Gasteiger partial charge in [-0.25, -0.2) is 4.68 Å². The van der Waals surface area contributed by atoms with Crippen molar-refractivity contribution >= 4 is 41.1 Å². The highest BCUT2D eigenvalue weighted by Crippen LogP contribution is 2.21. The van der Waals surface area contributed by atoms with Crippen LogP contribution >= 0.6 is 35.4 Å². The molecule has 0 N–H and O–H groups in total. The summed E-state index contributed by atoms with van der Waals surface area (Å²) in [7, 11) is 0. The van der Waals surface area contributed by atoms with E-state index in [1.807, 2.05) is 4.68 Å². The second-order valence-corrected chi connectivity index (χ2v) is 6.01. The molecular formula is C12H14Cl2N4S. The van der Waals surface area contributed by atoms with Crippen molar-refractivity contribution in [1.82, 2.24) is 19.1 Å². The molecular weight excluding hydrogens is 303 g/mol. The van der Waals surface area contributed by atoms with Gasteiger partial charge in [0.1, 0.15) is 0 Å². The van der Waals surface area contributed by atoms with Crippen LogP contribution in [0, 0.1) is 4.77 Å². The average Bonchev–Trinajstić information content (AvgIpc) is 2.69. The molecule has 1 aliphatic heterocycles. The van der Waals surface area contributed by atoms with Crippen molar-refractivity contribution in [1.29, 1.82) is 0 Å². The Labute approximate surface area is 126 Å². The molecule has 102 valence electrons. The minimum absolute atomic E-state index is 0.524. The first-order valence-corrected chi connectivity index (χ1v) is 7.48. The number of likely N-dealkylation sites (tertiary alicyclic amines) is 1. The molecule has 0 aromatic carbocycles. The number of halogens is 2. The molecule has 1 fully saturated rings. The van der Waals surface area contributed by atoms with E-state index in [4.69, 9.17) is 35.4 Å². The van der Waals surface area contributed by atoms with Crippen LogP contribution in [0.1, 0.15) is 19.3 Å². The van der Waals surface area contributed by atoms with Gasteiger partial charge in [0, 0.05) is 6.20 Å². The predicted molar refractivity (Wildman–Crippen MR) is 79.5 cm³/mol. The van der Waals surface area contributed by atoms with E-state index in [1.54, 1.807) is 16.7 Å². The fraction of sp³-hybridized carbons (Fsp3) is 0.500. The van der Waals surface area contributed by atoms with Gasteiger partial charge < -0.3 is 0 Å². The summed E-state index contributed by atoms with van der Waals surface area (Å²) in [5.41, 5.74) is 0.660. The maximum Gasteiger partial charge on any atom is 0.203 e. The summed E-state index contributed by atoms with van der Waals surface area (Å²) in [6.07, 6.45) is 5.56. The Morgan fingerprint density at radius 3 is 2.68 bits per heavy atom. The van der Waals surface area contributed by atoms with Gasteiger partial charge in [-0.3, -0.25) is 9.30 Å². The number of fused-ring (bicyclic) bond motifs is 1. The highest BCUT2D eigenvalue weighted by molar-refractivity contribution is 7.71. The van der Waals surface area contributed by atoms with Crippen LogP contribution in [0.5, 0.6) is 0 Å². The highest BCUT2D eigenvalue weighted by atomic mass is 35.5. The van der Waals surface area contributed by atoms with E-state index in [0.29, 0.717) is 27.1 Å². The second kappa shape index (κ2) is 5.40. The Hall–Kier alpha value is -0.620. The Morgan fingerprint density at radius 2 is 1.95 bits per heavy atom. The van der Waals surface area contributed by atoms with Crippen LogP contribution in [0.25, 0.3) is 5.65 Å². The zero-order chi connectivity index (χ0) is 13.4. The molecule has 2 aromatic heterocycles. The van der Waals surface area contributed by atoms with Gasteiger partial charge in [0.25, 0.3) is 0 Å². The lowest BCUT2D eigenvalue weighted by Gasteiger charge is -2.25. The number of rotatable bonds is 2. The maximum absolute atomic E-state index is 6.15. The monoisotopic (exact) mass is 316 g/mol. The molecule has 0 aliphatic carbocycles. The third-order valence-electron chi connectivity index (χ3n) is 3.38. The van der Waals surface area contributed by atoms with Gasteiger partial charge in [0.05, 0.1) is 16.7 Å². The predicted octanol–water partition coefficient (Wildman–Crippen LogP) is 3.62. The lowest BCUT2D eigenvalue weighted by Crippen LogP contribution is -2.32. The van der Waals surface area contributed by atoms with E-state index in [1.165, 1.54) is 19.3 Å². The number of piperidine rings is 1. The zero-order valence-electron chi connectivity index (χ0n) is 10.4. The van der Waals surface area contributed by atoms with Crippen LogP contribution in [0.4, 0.5) is 0 Å². The lowest BCUT2D eigenvalue weighted by atomic mass is 10.1. The molecule has 0 bridgehead atoms. The molecule has 2 aromatic rings. The molecule has 1 saturated heterocycles. The number of hydrogen-bond donors (Lipinski definition) is 0. The largest absolute Gasteiger partial charge is 0.284 e. The van der Waals surface area contributed by atoms with Crippen LogP contribution in [0.15, 0.2) is 12.3 Å². The third kappa shape index (κ3) is 2.65. The van der Waals surface area contributed by atoms with E-state index >= 15 is 0 Å². The van der Waals surface area contributed by atoms with Gasteiger partial charge >= 0.3 is 0 Å². The minimum Gasteiger partial charge on any atom is -0.284 e. The molecule has 4 nitrogen and oxygen atoms in total. The van der Waals surface area contributed by atoms with Gasteiger partial charge in [-0.1, -0.05) is 29.6 Å². The Balaban J connectivity index is 1.98. The average molecular weight is 317 g/mol. The van der Waals surface area contributed by atoms with Crippen LogP contribution < -0.4 is 0 Å². The number of hydrogen-bond acceptors (Lipinski definition) is 3. The first-order chi connectivity index (χ1) is 9.15. The zero-order valence-corrected chi connectivity index (χ0v) is 12.7. The molecule has 1 aliphatic rings. The summed E-state index contributed by atoms with van der Waals surface area (Å²) < 4.78 is 4.22. The molecule has 19 heavy (non-hydrogen) atoms. The van der Waals surface area contributed by atoms with Crippen LogP contribution in [0.2, 0.25) is 10.0 Å². The molecule has 0 spiro atoms. The minimum atomic E-state index is 0.524. The Morgan fingerprint density at radius 1 is 1.21 bits per heavy atom. The molecule has 0 amide bonds. The molecule has 0 radical (unpaired) electrons. The van der Waals surface area contributed by atoms with E-state index in [-0.39, 0.29) is 0 Å². The summed E-state index contributed by atoms with van der Waals surface area (Å²) in [5.74, 6) is 0. The van der Waals surface area contributed by atoms with E-state index in [9.17, 15) is 0 Å². The highest BCUT2D eigenvalue weighted by Gasteiger charge is 2.14. The number of pyridine rings is 1. The van der Waals surface area contributed by atoms with Crippen molar-refractivity contribution in [2.24, 2.45) is 0 Å². The smallest absolute Gasteiger partial charge is 0.203 e. The normalized spacial score (nSPS) is 17.2. The van der Waals surface area contributed by atoms with Gasteiger partial charge in [0.15, 0.2) is 5.65 Å². The molecule has 3 heterocycles. The number of nitrogens with zero attached hydrogens (tertiary/aromatic N) is 4. The van der Waals surface area contributed by atoms with Crippen molar-refractivity contribution in [3.05, 3.63) is 27.1 Å². The van der Waals surface area contributed by atoms with E-state index in [0.717, 1.165) is 13.1 Å². The number of aromatic nitrogens is 3. The molecule has 0 unspecified atom stereocenters. The molecule has 0 saturated carbocycles. The summed E-state index contributed by atoms with van der Waals surface area (Å²) in [5, 5.41) is 5.58. The van der Waals surface area contributed by atoms with Crippen molar-refractivity contribution < 1.29 is 0 Å². The summed E-state index contributed by atoms with van der Waals surface area (Å²) >= 11 is 17.6. The lowest BCUT2D eigenvalue weighted by molar-refractivity contribution is 0.172. The van der Waals surface area contributed by atoms with E-state index in [2.05, 4.69) is 10.00 Å². The van der Waals surface area contributed by atoms with Crippen molar-refractivity contribution in [2.45, 2.75) is 25.9 Å². The molecule has 0 atom stereocenters. The van der Waals surface area contributed by atoms with Crippen molar-refractivity contribution in [3.8, 4) is 0 Å². The Bertz CT molecular complexity index is 658. The first kappa shape index (κ1) is 13.4. The van der Waals surface area contributed by atoms with Gasteiger partial charge in [0.2, 0.25) is 4.77 Å². The maximum atomic E-state index is 6.15. The van der Waals surface area contributed by atoms with Crippen LogP contribution in [-0.2, 0) is 6.67 Å². The third-order valence-corrected chi connectivity index (χ3v) is 4.28. The second-order valence-electron chi connectivity index (χ2n) is 4.80. The summed E-state index contributed by atoms with van der Waals surface area (Å²) in [6, 6.07) is 1.69. The summed E-state index contributed by atoms with van der Waals surface area (Å²) in [4.78, 5) is 2.36. The SMILES string of the molecule is S=c1n(CN2CCCCC2)nc2c(Cl)cc(Cl)cn12. The summed E-state index contributed by atoms with van der Waals surface area (Å²) in [6.45, 7) is 2.92. The van der Waals surface area contributed by atoms with Gasteiger partial charge in [-0.15, -0.1) is 5.10 Å². The van der Waals surface area contributed by atoms with Gasteiger partial charge in [-0.05, 0) is 44.2 Å². The first-order valence-electron chi connectivity index (χ1n) is 6.32. The fourth-order valence-corrected chi connectivity index (χ4v) is 3.17. The fourth-order valence-electron chi connectivity index (χ4n) is 2.43. The van der Waals surface area contributed by atoms with Crippen molar-refractivity contribution in [2.75, 3.05) is 13.1 Å². The van der Waals surface area contributed by atoms with Crippen molar-refractivity contribution in [3.63, 3.8) is 0 Å².